The number of nitrogens with zero attached hydrogens (tertiary/aromatic N) is 4. The molecule has 0 aliphatic heterocycles. The fraction of sp³-hybridized carbons (Fsp3) is 0.300. The molecule has 28 heavy (non-hydrogen) atoms. The SMILES string of the molecule is CCn1nnnc1-c1cccc(C(=O)NCCc2ccc(OC)c(OC)c2)c1. The van der Waals surface area contributed by atoms with Crippen LogP contribution in [0.4, 0.5) is 0 Å². The van der Waals surface area contributed by atoms with Crippen LogP contribution < -0.4 is 14.8 Å². The number of carbonyl (C=O) groups excluding carboxylic acids is 1. The third kappa shape index (κ3) is 4.28. The Bertz CT molecular complexity index is 955. The van der Waals surface area contributed by atoms with Crippen LogP contribution in [0.15, 0.2) is 42.5 Å². The minimum Gasteiger partial charge on any atom is -0.493 e. The van der Waals surface area contributed by atoms with Crippen LogP contribution in [0.2, 0.25) is 0 Å². The van der Waals surface area contributed by atoms with Crippen molar-refractivity contribution in [3.63, 3.8) is 0 Å². The van der Waals surface area contributed by atoms with E-state index >= 15 is 0 Å². The van der Waals surface area contributed by atoms with Gasteiger partial charge in [0.1, 0.15) is 0 Å². The minimum atomic E-state index is -0.141. The van der Waals surface area contributed by atoms with E-state index in [1.54, 1.807) is 31.0 Å². The Labute approximate surface area is 163 Å². The summed E-state index contributed by atoms with van der Waals surface area (Å²) in [7, 11) is 3.20. The predicted molar refractivity (Wildman–Crippen MR) is 105 cm³/mol. The summed E-state index contributed by atoms with van der Waals surface area (Å²) in [5.74, 6) is 1.86. The van der Waals surface area contributed by atoms with Crippen LogP contribution in [0.5, 0.6) is 11.5 Å². The highest BCUT2D eigenvalue weighted by molar-refractivity contribution is 5.95. The number of aryl methyl sites for hydroxylation is 1. The second-order valence-electron chi connectivity index (χ2n) is 6.09. The van der Waals surface area contributed by atoms with Crippen molar-refractivity contribution in [1.82, 2.24) is 25.5 Å². The van der Waals surface area contributed by atoms with Gasteiger partial charge in [0.05, 0.1) is 14.2 Å². The van der Waals surface area contributed by atoms with E-state index in [-0.39, 0.29) is 5.91 Å². The second-order valence-corrected chi connectivity index (χ2v) is 6.09. The van der Waals surface area contributed by atoms with Gasteiger partial charge in [-0.3, -0.25) is 4.79 Å². The standard InChI is InChI=1S/C20H23N5O3/c1-4-25-19(22-23-24-25)15-6-5-7-16(13-15)20(26)21-11-10-14-8-9-17(27-2)18(12-14)28-3/h5-9,12-13H,4,10-11H2,1-3H3,(H,21,26). The van der Waals surface area contributed by atoms with Crippen LogP contribution in [-0.2, 0) is 13.0 Å². The van der Waals surface area contributed by atoms with Crippen molar-refractivity contribution >= 4 is 5.91 Å². The van der Waals surface area contributed by atoms with Crippen LogP contribution in [-0.4, -0.2) is 46.9 Å². The van der Waals surface area contributed by atoms with Gasteiger partial charge in [0.25, 0.3) is 5.91 Å². The Hall–Kier alpha value is -3.42. The van der Waals surface area contributed by atoms with Gasteiger partial charge in [-0.05, 0) is 53.6 Å². The third-order valence-corrected chi connectivity index (χ3v) is 4.36. The lowest BCUT2D eigenvalue weighted by Gasteiger charge is -2.10. The summed E-state index contributed by atoms with van der Waals surface area (Å²) in [6.07, 6.45) is 0.680. The molecule has 3 aromatic rings. The van der Waals surface area contributed by atoms with Crippen molar-refractivity contribution in [2.45, 2.75) is 19.9 Å². The molecule has 0 saturated heterocycles. The van der Waals surface area contributed by atoms with Crippen molar-refractivity contribution in [3.8, 4) is 22.9 Å². The van der Waals surface area contributed by atoms with Gasteiger partial charge >= 0.3 is 0 Å². The first-order valence-electron chi connectivity index (χ1n) is 9.02. The maximum Gasteiger partial charge on any atom is 0.251 e. The molecule has 1 amide bonds. The summed E-state index contributed by atoms with van der Waals surface area (Å²) >= 11 is 0. The second kappa shape index (κ2) is 8.98. The normalized spacial score (nSPS) is 10.5. The molecule has 3 rings (SSSR count). The van der Waals surface area contributed by atoms with Crippen LogP contribution in [0.25, 0.3) is 11.4 Å². The highest BCUT2D eigenvalue weighted by Crippen LogP contribution is 2.27. The molecule has 0 saturated carbocycles. The van der Waals surface area contributed by atoms with Gasteiger partial charge in [-0.1, -0.05) is 18.2 Å². The summed E-state index contributed by atoms with van der Waals surface area (Å²) in [4.78, 5) is 12.5. The van der Waals surface area contributed by atoms with Gasteiger partial charge in [-0.15, -0.1) is 5.10 Å². The van der Waals surface area contributed by atoms with E-state index in [1.165, 1.54) is 0 Å². The number of tetrazole rings is 1. The molecule has 0 spiro atoms. The molecule has 1 heterocycles. The number of rotatable bonds is 8. The highest BCUT2D eigenvalue weighted by Gasteiger charge is 2.11. The fourth-order valence-electron chi connectivity index (χ4n) is 2.88. The lowest BCUT2D eigenvalue weighted by atomic mass is 10.1. The van der Waals surface area contributed by atoms with Crippen molar-refractivity contribution in [3.05, 3.63) is 53.6 Å². The Morgan fingerprint density at radius 2 is 1.93 bits per heavy atom. The first-order chi connectivity index (χ1) is 13.7. The topological polar surface area (TPSA) is 91.2 Å². The zero-order valence-electron chi connectivity index (χ0n) is 16.2. The molecule has 0 aliphatic rings. The van der Waals surface area contributed by atoms with Crippen molar-refractivity contribution in [2.24, 2.45) is 0 Å². The molecule has 0 atom stereocenters. The van der Waals surface area contributed by atoms with E-state index < -0.39 is 0 Å². The number of hydrogen-bond donors (Lipinski definition) is 1. The number of nitrogens with one attached hydrogen (secondary N) is 1. The summed E-state index contributed by atoms with van der Waals surface area (Å²) in [6, 6.07) is 13.0. The van der Waals surface area contributed by atoms with Crippen LogP contribution in [0.3, 0.4) is 0 Å². The molecule has 0 aliphatic carbocycles. The Balaban J connectivity index is 1.63. The number of carbonyl (C=O) groups is 1. The zero-order chi connectivity index (χ0) is 19.9. The summed E-state index contributed by atoms with van der Waals surface area (Å²) in [5.41, 5.74) is 2.42. The van der Waals surface area contributed by atoms with E-state index in [0.29, 0.717) is 42.4 Å². The van der Waals surface area contributed by atoms with Crippen molar-refractivity contribution < 1.29 is 14.3 Å². The number of aromatic nitrogens is 4. The molecule has 8 nitrogen and oxygen atoms in total. The van der Waals surface area contributed by atoms with Crippen LogP contribution >= 0.6 is 0 Å². The molecule has 1 aromatic heterocycles. The zero-order valence-corrected chi connectivity index (χ0v) is 16.2. The van der Waals surface area contributed by atoms with E-state index in [0.717, 1.165) is 11.1 Å². The molecule has 146 valence electrons. The number of hydrogen-bond acceptors (Lipinski definition) is 6. The molecular weight excluding hydrogens is 358 g/mol. The molecule has 0 unspecified atom stereocenters. The van der Waals surface area contributed by atoms with Crippen molar-refractivity contribution in [1.29, 1.82) is 0 Å². The molecular formula is C20H23N5O3. The lowest BCUT2D eigenvalue weighted by molar-refractivity contribution is 0.0954. The minimum absolute atomic E-state index is 0.141. The highest BCUT2D eigenvalue weighted by atomic mass is 16.5. The van der Waals surface area contributed by atoms with Gasteiger partial charge in [0.15, 0.2) is 17.3 Å². The van der Waals surface area contributed by atoms with E-state index in [9.17, 15) is 4.79 Å². The summed E-state index contributed by atoms with van der Waals surface area (Å²) in [5, 5.41) is 14.6. The van der Waals surface area contributed by atoms with E-state index in [1.807, 2.05) is 37.3 Å². The predicted octanol–water partition coefficient (Wildman–Crippen LogP) is 2.35. The van der Waals surface area contributed by atoms with Crippen molar-refractivity contribution in [2.75, 3.05) is 20.8 Å². The van der Waals surface area contributed by atoms with Crippen LogP contribution in [0.1, 0.15) is 22.8 Å². The molecule has 1 N–H and O–H groups in total. The molecule has 0 fully saturated rings. The van der Waals surface area contributed by atoms with Gasteiger partial charge in [-0.2, -0.15) is 0 Å². The quantitative estimate of drug-likeness (QED) is 0.644. The van der Waals surface area contributed by atoms with Gasteiger partial charge in [0, 0.05) is 24.2 Å². The number of ether oxygens (including phenoxy) is 2. The maximum atomic E-state index is 12.5. The van der Waals surface area contributed by atoms with Gasteiger partial charge in [-0.25, -0.2) is 4.68 Å². The molecule has 0 bridgehead atoms. The largest absolute Gasteiger partial charge is 0.493 e. The number of methoxy groups -OCH3 is 2. The number of amides is 1. The number of benzene rings is 2. The first kappa shape index (κ1) is 19.3. The molecule has 8 heteroatoms. The average Bonchev–Trinajstić information content (AvgIpc) is 3.22. The maximum absolute atomic E-state index is 12.5. The van der Waals surface area contributed by atoms with Gasteiger partial charge < -0.3 is 14.8 Å². The van der Waals surface area contributed by atoms with E-state index in [2.05, 4.69) is 20.8 Å². The smallest absolute Gasteiger partial charge is 0.251 e. The Kier molecular flexibility index (Phi) is 6.21. The molecule has 2 aromatic carbocycles. The summed E-state index contributed by atoms with van der Waals surface area (Å²) in [6.45, 7) is 3.12. The molecule has 0 radical (unpaired) electrons. The fourth-order valence-corrected chi connectivity index (χ4v) is 2.88. The van der Waals surface area contributed by atoms with Crippen LogP contribution in [0, 0.1) is 0 Å². The first-order valence-corrected chi connectivity index (χ1v) is 9.02. The third-order valence-electron chi connectivity index (χ3n) is 4.36. The lowest BCUT2D eigenvalue weighted by Crippen LogP contribution is -2.25. The summed E-state index contributed by atoms with van der Waals surface area (Å²) < 4.78 is 12.2. The Morgan fingerprint density at radius 3 is 2.68 bits per heavy atom. The van der Waals surface area contributed by atoms with E-state index in [4.69, 9.17) is 9.47 Å². The van der Waals surface area contributed by atoms with Gasteiger partial charge in [0.2, 0.25) is 0 Å². The monoisotopic (exact) mass is 381 g/mol. The Morgan fingerprint density at radius 1 is 1.11 bits per heavy atom. The average molecular weight is 381 g/mol.